The minimum Gasteiger partial charge on any atom is -0.376 e. The van der Waals surface area contributed by atoms with Crippen molar-refractivity contribution in [3.63, 3.8) is 0 Å². The lowest BCUT2D eigenvalue weighted by molar-refractivity contribution is 0.00783. The summed E-state index contributed by atoms with van der Waals surface area (Å²) in [5, 5.41) is 0. The summed E-state index contributed by atoms with van der Waals surface area (Å²) >= 11 is 2.83. The summed E-state index contributed by atoms with van der Waals surface area (Å²) in [6, 6.07) is 14.5. The van der Waals surface area contributed by atoms with Gasteiger partial charge < -0.3 is 15.0 Å². The molecule has 1 atom stereocenters. The van der Waals surface area contributed by atoms with Gasteiger partial charge in [-0.1, -0.05) is 43.3 Å². The van der Waals surface area contributed by atoms with Crippen LogP contribution in [0.1, 0.15) is 55.7 Å². The van der Waals surface area contributed by atoms with Gasteiger partial charge >= 0.3 is 0 Å². The van der Waals surface area contributed by atoms with Crippen LogP contribution < -0.4 is 11.3 Å². The van der Waals surface area contributed by atoms with E-state index in [2.05, 4.69) is 42.9 Å². The second kappa shape index (κ2) is 11.8. The fraction of sp³-hybridized carbons (Fsp3) is 0.500. The Balaban J connectivity index is 0.00000136. The molecule has 1 aliphatic carbocycles. The summed E-state index contributed by atoms with van der Waals surface area (Å²) in [4.78, 5) is 12.5. The van der Waals surface area contributed by atoms with Crippen molar-refractivity contribution in [1.82, 2.24) is 4.57 Å². The van der Waals surface area contributed by atoms with E-state index in [4.69, 9.17) is 14.7 Å². The van der Waals surface area contributed by atoms with Crippen LogP contribution in [0.5, 0.6) is 0 Å². The topological polar surface area (TPSA) is 74.3 Å². The summed E-state index contributed by atoms with van der Waals surface area (Å²) in [7, 11) is 0. The molecule has 1 unspecified atom stereocenters. The van der Waals surface area contributed by atoms with E-state index >= 15 is 0 Å². The zero-order chi connectivity index (χ0) is 20.4. The molecule has 28 heavy (non-hydrogen) atoms. The van der Waals surface area contributed by atoms with E-state index < -0.39 is 0 Å². The molecule has 1 saturated carbocycles. The highest BCUT2D eigenvalue weighted by molar-refractivity contribution is 7.44. The van der Waals surface area contributed by atoms with Gasteiger partial charge in [-0.25, -0.2) is 0 Å². The van der Waals surface area contributed by atoms with E-state index in [-0.39, 0.29) is 17.7 Å². The molecule has 5 nitrogen and oxygen atoms in total. The van der Waals surface area contributed by atoms with Crippen molar-refractivity contribution in [1.29, 1.82) is 0 Å². The number of hydrogen-bond acceptors (Lipinski definition) is 5. The predicted octanol–water partition coefficient (Wildman–Crippen LogP) is 3.32. The van der Waals surface area contributed by atoms with Crippen LogP contribution in [-0.2, 0) is 23.7 Å². The Morgan fingerprint density at radius 1 is 1.11 bits per heavy atom. The Morgan fingerprint density at radius 2 is 1.79 bits per heavy atom. The van der Waals surface area contributed by atoms with Gasteiger partial charge in [-0.3, -0.25) is 4.79 Å². The summed E-state index contributed by atoms with van der Waals surface area (Å²) in [6.45, 7) is 2.91. The molecule has 0 spiro atoms. The van der Waals surface area contributed by atoms with E-state index in [1.807, 2.05) is 25.3 Å². The van der Waals surface area contributed by atoms with Crippen molar-refractivity contribution in [3.8, 4) is 0 Å². The zero-order valence-corrected chi connectivity index (χ0v) is 17.3. The maximum Gasteiger partial charge on any atom is 0.254 e. The van der Waals surface area contributed by atoms with Crippen LogP contribution >= 0.6 is 0 Å². The quantitative estimate of drug-likeness (QED) is 0.769. The number of nitrogens with two attached hydrogens (primary N) is 1. The molecule has 2 aromatic rings. The van der Waals surface area contributed by atoms with Crippen LogP contribution in [0.3, 0.4) is 0 Å². The molecular weight excluding hydrogens is 372 g/mol. The van der Waals surface area contributed by atoms with Crippen molar-refractivity contribution in [2.24, 2.45) is 5.73 Å². The van der Waals surface area contributed by atoms with Gasteiger partial charge in [0.15, 0.2) is 12.5 Å². The minimum absolute atomic E-state index is 0.0573. The van der Waals surface area contributed by atoms with Gasteiger partial charge in [-0.2, -0.15) is 4.21 Å². The van der Waals surface area contributed by atoms with Crippen molar-refractivity contribution in [3.05, 3.63) is 70.1 Å². The normalized spacial score (nSPS) is 20.1. The number of ether oxygens (including phenoxy) is 1. The third-order valence-corrected chi connectivity index (χ3v) is 5.57. The lowest BCUT2D eigenvalue weighted by Gasteiger charge is -2.30. The summed E-state index contributed by atoms with van der Waals surface area (Å²) in [5.74, 6) is 0.644. The maximum atomic E-state index is 12.5. The molecule has 0 amide bonds. The van der Waals surface area contributed by atoms with Gasteiger partial charge in [0.25, 0.3) is 5.56 Å². The van der Waals surface area contributed by atoms with E-state index in [1.165, 1.54) is 5.56 Å². The molecule has 1 heterocycles. The second-order valence-electron chi connectivity index (χ2n) is 7.21. The fourth-order valence-corrected chi connectivity index (χ4v) is 3.91. The van der Waals surface area contributed by atoms with Gasteiger partial charge in [0, 0.05) is 18.3 Å². The van der Waals surface area contributed by atoms with Crippen LogP contribution in [0.15, 0.2) is 53.5 Å². The van der Waals surface area contributed by atoms with Crippen molar-refractivity contribution in [2.75, 3.05) is 13.2 Å². The maximum absolute atomic E-state index is 12.5. The first kappa shape index (κ1) is 22.4. The molecule has 1 aliphatic rings. The summed E-state index contributed by atoms with van der Waals surface area (Å²) in [5.41, 5.74) is 8.26. The average Bonchev–Trinajstić information content (AvgIpc) is 2.77. The van der Waals surface area contributed by atoms with Gasteiger partial charge in [0.05, 0.1) is 18.8 Å². The molecule has 2 N–H and O–H groups in total. The van der Waals surface area contributed by atoms with E-state index in [1.54, 1.807) is 4.57 Å². The lowest BCUT2D eigenvalue weighted by Crippen LogP contribution is -2.35. The van der Waals surface area contributed by atoms with Gasteiger partial charge in [0.1, 0.15) is 0 Å². The summed E-state index contributed by atoms with van der Waals surface area (Å²) < 4.78 is 15.7. The van der Waals surface area contributed by atoms with E-state index in [0.29, 0.717) is 19.1 Å². The molecule has 0 radical (unpaired) electrons. The Morgan fingerprint density at radius 3 is 2.39 bits per heavy atom. The molecule has 1 aromatic heterocycles. The Kier molecular flexibility index (Phi) is 9.47. The molecule has 0 saturated heterocycles. The third-order valence-electron chi connectivity index (χ3n) is 5.57. The van der Waals surface area contributed by atoms with Crippen LogP contribution in [0, 0.1) is 0 Å². The van der Waals surface area contributed by atoms with Crippen molar-refractivity contribution in [2.45, 2.75) is 57.1 Å². The SMILES string of the molecule is CCc1cccn(C(CN)COC2CCC(c3ccccc3)CC2)c1=O.O=S. The monoisotopic (exact) mass is 402 g/mol. The van der Waals surface area contributed by atoms with Crippen LogP contribution in [0.25, 0.3) is 0 Å². The first-order valence-electron chi connectivity index (χ1n) is 9.96. The first-order chi connectivity index (χ1) is 13.7. The van der Waals surface area contributed by atoms with Crippen LogP contribution in [-0.4, -0.2) is 28.0 Å². The molecule has 1 fully saturated rings. The molecule has 152 valence electrons. The number of nitrogens with zero attached hydrogens (tertiary/aromatic N) is 1. The van der Waals surface area contributed by atoms with E-state index in [9.17, 15) is 4.79 Å². The zero-order valence-electron chi connectivity index (χ0n) is 16.5. The minimum atomic E-state index is -0.0964. The van der Waals surface area contributed by atoms with Crippen molar-refractivity contribution < 1.29 is 8.95 Å². The largest absolute Gasteiger partial charge is 0.376 e. The molecule has 3 rings (SSSR count). The summed E-state index contributed by atoms with van der Waals surface area (Å²) in [6.07, 6.45) is 7.30. The lowest BCUT2D eigenvalue weighted by atomic mass is 9.83. The smallest absolute Gasteiger partial charge is 0.254 e. The second-order valence-corrected chi connectivity index (χ2v) is 7.21. The Hall–Kier alpha value is -1.89. The standard InChI is InChI=1S/C22H30N2O2.OS/c1-2-17-9-6-14-24(22(17)25)20(15-23)16-26-21-12-10-19(11-13-21)18-7-4-3-5-8-18;1-2/h3-9,14,19-21H,2,10-13,15-16,23H2,1H3;. The molecular formula is C22H30N2O3S. The highest BCUT2D eigenvalue weighted by Gasteiger charge is 2.24. The van der Waals surface area contributed by atoms with Gasteiger partial charge in [0.2, 0.25) is 0 Å². The van der Waals surface area contributed by atoms with Gasteiger partial charge in [-0.05, 0) is 49.7 Å². The number of aromatic nitrogens is 1. The highest BCUT2D eigenvalue weighted by atomic mass is 32.1. The highest BCUT2D eigenvalue weighted by Crippen LogP contribution is 2.34. The molecule has 6 heteroatoms. The Labute approximate surface area is 172 Å². The third kappa shape index (κ3) is 5.80. The molecule has 0 bridgehead atoms. The molecule has 0 aliphatic heterocycles. The number of rotatable bonds is 7. The number of benzene rings is 1. The van der Waals surface area contributed by atoms with Crippen LogP contribution in [0.4, 0.5) is 0 Å². The molecule has 1 aromatic carbocycles. The van der Waals surface area contributed by atoms with Crippen LogP contribution in [0.2, 0.25) is 0 Å². The average molecular weight is 403 g/mol. The Bertz CT molecular complexity index is 758. The van der Waals surface area contributed by atoms with Crippen molar-refractivity contribution >= 4 is 12.5 Å². The first-order valence-corrected chi connectivity index (χ1v) is 10.3. The number of hydrogen-bond donors (Lipinski definition) is 1. The van der Waals surface area contributed by atoms with Gasteiger partial charge in [-0.15, -0.1) is 0 Å². The van der Waals surface area contributed by atoms with E-state index in [0.717, 1.165) is 37.7 Å². The fourth-order valence-electron chi connectivity index (χ4n) is 3.91. The number of pyridine rings is 1. The number of aryl methyl sites for hydroxylation is 1. The predicted molar refractivity (Wildman–Crippen MR) is 114 cm³/mol.